The fraction of sp³-hybridized carbons (Fsp3) is 0.250. The van der Waals surface area contributed by atoms with Crippen molar-refractivity contribution >= 4 is 11.6 Å². The van der Waals surface area contributed by atoms with Gasteiger partial charge in [-0.05, 0) is 13.1 Å². The number of nitrogens with two attached hydrogens (primary N) is 2. The van der Waals surface area contributed by atoms with Gasteiger partial charge in [0.05, 0.1) is 0 Å². The summed E-state index contributed by atoms with van der Waals surface area (Å²) >= 11 is 0. The first kappa shape index (κ1) is 13.1. The van der Waals surface area contributed by atoms with Crippen molar-refractivity contribution in [1.29, 1.82) is 0 Å². The van der Waals surface area contributed by atoms with Crippen LogP contribution in [0.3, 0.4) is 0 Å². The Morgan fingerprint density at radius 3 is 2.71 bits per heavy atom. The van der Waals surface area contributed by atoms with Gasteiger partial charge in [-0.1, -0.05) is 18.7 Å². The van der Waals surface area contributed by atoms with Gasteiger partial charge in [-0.2, -0.15) is 0 Å². The molecule has 5 nitrogen and oxygen atoms in total. The molecule has 0 aliphatic heterocycles. The topological polar surface area (TPSA) is 90.4 Å². The second kappa shape index (κ2) is 5.91. The van der Waals surface area contributed by atoms with E-state index in [2.05, 4.69) is 11.9 Å². The summed E-state index contributed by atoms with van der Waals surface area (Å²) < 4.78 is 5.33. The van der Waals surface area contributed by atoms with Crippen molar-refractivity contribution in [3.8, 4) is 5.75 Å². The van der Waals surface area contributed by atoms with Crippen molar-refractivity contribution < 1.29 is 9.53 Å². The number of rotatable bonds is 6. The fourth-order valence-corrected chi connectivity index (χ4v) is 1.37. The smallest absolute Gasteiger partial charge is 0.255 e. The third-order valence-corrected chi connectivity index (χ3v) is 2.18. The number of benzene rings is 1. The predicted molar refractivity (Wildman–Crippen MR) is 67.1 cm³/mol. The molecule has 0 spiro atoms. The Hall–Kier alpha value is -2.01. The van der Waals surface area contributed by atoms with Crippen LogP contribution in [0.1, 0.15) is 11.1 Å². The van der Waals surface area contributed by atoms with Crippen LogP contribution in [0.15, 0.2) is 24.8 Å². The fourth-order valence-electron chi connectivity index (χ4n) is 1.37. The molecular weight excluding hydrogens is 218 g/mol. The van der Waals surface area contributed by atoms with Gasteiger partial charge >= 0.3 is 0 Å². The van der Waals surface area contributed by atoms with E-state index in [4.69, 9.17) is 16.2 Å². The van der Waals surface area contributed by atoms with Crippen LogP contribution < -0.4 is 21.5 Å². The zero-order chi connectivity index (χ0) is 12.8. The van der Waals surface area contributed by atoms with Crippen molar-refractivity contribution in [2.75, 3.05) is 13.7 Å². The number of ether oxygens (including phenoxy) is 1. The lowest BCUT2D eigenvalue weighted by Crippen LogP contribution is -2.21. The third-order valence-electron chi connectivity index (χ3n) is 2.18. The van der Waals surface area contributed by atoms with E-state index in [0.29, 0.717) is 18.0 Å². The maximum Gasteiger partial charge on any atom is 0.255 e. The molecule has 5 heteroatoms. The van der Waals surface area contributed by atoms with Crippen LogP contribution >= 0.6 is 0 Å². The summed E-state index contributed by atoms with van der Waals surface area (Å²) in [6, 6.07) is 5.48. The van der Waals surface area contributed by atoms with Crippen molar-refractivity contribution in [2.24, 2.45) is 11.5 Å². The SMILES string of the molecule is C=C(N)c1ccc(CNC)c(OCC(N)=O)c1. The molecule has 0 fully saturated rings. The molecule has 0 radical (unpaired) electrons. The highest BCUT2D eigenvalue weighted by atomic mass is 16.5. The maximum atomic E-state index is 10.7. The van der Waals surface area contributed by atoms with Gasteiger partial charge in [-0.3, -0.25) is 4.79 Å². The summed E-state index contributed by atoms with van der Waals surface area (Å²) in [4.78, 5) is 10.7. The first-order valence-corrected chi connectivity index (χ1v) is 5.18. The molecule has 0 heterocycles. The molecule has 0 unspecified atom stereocenters. The van der Waals surface area contributed by atoms with Crippen LogP contribution in [-0.4, -0.2) is 19.6 Å². The standard InChI is InChI=1S/C12H17N3O2/c1-8(13)9-3-4-10(6-15-2)11(5-9)17-7-12(14)16/h3-5,15H,1,6-7,13H2,2H3,(H2,14,16). The lowest BCUT2D eigenvalue weighted by atomic mass is 10.1. The Balaban J connectivity index is 2.97. The second-order valence-electron chi connectivity index (χ2n) is 3.63. The summed E-state index contributed by atoms with van der Waals surface area (Å²) in [6.07, 6.45) is 0. The van der Waals surface area contributed by atoms with Crippen LogP contribution in [-0.2, 0) is 11.3 Å². The molecule has 92 valence electrons. The van der Waals surface area contributed by atoms with Gasteiger partial charge < -0.3 is 21.5 Å². The molecule has 0 saturated carbocycles. The molecule has 1 aromatic rings. The lowest BCUT2D eigenvalue weighted by Gasteiger charge is -2.12. The number of carbonyl (C=O) groups excluding carboxylic acids is 1. The summed E-state index contributed by atoms with van der Waals surface area (Å²) in [5.41, 5.74) is 12.8. The predicted octanol–water partition coefficient (Wildman–Crippen LogP) is 0.200. The molecular formula is C12H17N3O2. The maximum absolute atomic E-state index is 10.7. The molecule has 0 atom stereocenters. The van der Waals surface area contributed by atoms with Gasteiger partial charge in [-0.15, -0.1) is 0 Å². The first-order chi connectivity index (χ1) is 8.04. The lowest BCUT2D eigenvalue weighted by molar-refractivity contribution is -0.119. The molecule has 0 aliphatic rings. The largest absolute Gasteiger partial charge is 0.483 e. The van der Waals surface area contributed by atoms with Crippen molar-refractivity contribution in [3.63, 3.8) is 0 Å². The normalized spacial score (nSPS) is 9.94. The minimum atomic E-state index is -0.516. The molecule has 0 saturated heterocycles. The Kier molecular flexibility index (Phi) is 4.54. The Morgan fingerprint density at radius 2 is 2.18 bits per heavy atom. The molecule has 1 amide bonds. The van der Waals surface area contributed by atoms with E-state index in [1.165, 1.54) is 0 Å². The second-order valence-corrected chi connectivity index (χ2v) is 3.63. The number of hydrogen-bond donors (Lipinski definition) is 3. The summed E-state index contributed by atoms with van der Waals surface area (Å²) in [7, 11) is 1.83. The Morgan fingerprint density at radius 1 is 1.47 bits per heavy atom. The van der Waals surface area contributed by atoms with Crippen molar-refractivity contribution in [3.05, 3.63) is 35.9 Å². The van der Waals surface area contributed by atoms with E-state index >= 15 is 0 Å². The zero-order valence-corrected chi connectivity index (χ0v) is 9.82. The van der Waals surface area contributed by atoms with Crippen LogP contribution in [0.25, 0.3) is 5.70 Å². The average molecular weight is 235 g/mol. The van der Waals surface area contributed by atoms with Crippen LogP contribution in [0.2, 0.25) is 0 Å². The Bertz CT molecular complexity index is 430. The molecule has 1 aromatic carbocycles. The van der Waals surface area contributed by atoms with Gasteiger partial charge in [0.2, 0.25) is 0 Å². The van der Waals surface area contributed by atoms with Gasteiger partial charge in [0.15, 0.2) is 6.61 Å². The molecule has 0 aliphatic carbocycles. The summed E-state index contributed by atoms with van der Waals surface area (Å²) in [6.45, 7) is 4.13. The highest BCUT2D eigenvalue weighted by Gasteiger charge is 2.07. The van der Waals surface area contributed by atoms with Gasteiger partial charge in [0.1, 0.15) is 5.75 Å². The van der Waals surface area contributed by atoms with Gasteiger partial charge in [0.25, 0.3) is 5.91 Å². The van der Waals surface area contributed by atoms with Gasteiger partial charge in [-0.25, -0.2) is 0 Å². The van der Waals surface area contributed by atoms with E-state index < -0.39 is 5.91 Å². The van der Waals surface area contributed by atoms with Crippen LogP contribution in [0.5, 0.6) is 5.75 Å². The summed E-state index contributed by atoms with van der Waals surface area (Å²) in [5, 5.41) is 3.01. The van der Waals surface area contributed by atoms with E-state index in [0.717, 1.165) is 11.1 Å². The van der Waals surface area contributed by atoms with E-state index in [-0.39, 0.29) is 6.61 Å². The van der Waals surface area contributed by atoms with E-state index in [9.17, 15) is 4.79 Å². The van der Waals surface area contributed by atoms with Crippen molar-refractivity contribution in [2.45, 2.75) is 6.54 Å². The third kappa shape index (κ3) is 3.81. The number of primary amides is 1. The van der Waals surface area contributed by atoms with E-state index in [1.54, 1.807) is 6.07 Å². The minimum absolute atomic E-state index is 0.156. The number of hydrogen-bond acceptors (Lipinski definition) is 4. The molecule has 0 aromatic heterocycles. The molecule has 0 bridgehead atoms. The first-order valence-electron chi connectivity index (χ1n) is 5.18. The van der Waals surface area contributed by atoms with Crippen molar-refractivity contribution in [1.82, 2.24) is 5.32 Å². The monoisotopic (exact) mass is 235 g/mol. The molecule has 1 rings (SSSR count). The molecule has 5 N–H and O–H groups in total. The van der Waals surface area contributed by atoms with Crippen LogP contribution in [0, 0.1) is 0 Å². The number of nitrogens with one attached hydrogen (secondary N) is 1. The molecule has 17 heavy (non-hydrogen) atoms. The van der Waals surface area contributed by atoms with Crippen LogP contribution in [0.4, 0.5) is 0 Å². The highest BCUT2D eigenvalue weighted by Crippen LogP contribution is 2.22. The summed E-state index contributed by atoms with van der Waals surface area (Å²) in [5.74, 6) is 0.0691. The zero-order valence-electron chi connectivity index (χ0n) is 9.82. The number of amides is 1. The average Bonchev–Trinajstić information content (AvgIpc) is 2.27. The highest BCUT2D eigenvalue weighted by molar-refractivity contribution is 5.75. The Labute approximate surface area is 100 Å². The number of carbonyl (C=O) groups is 1. The quantitative estimate of drug-likeness (QED) is 0.657. The minimum Gasteiger partial charge on any atom is -0.483 e. The van der Waals surface area contributed by atoms with E-state index in [1.807, 2.05) is 19.2 Å². The van der Waals surface area contributed by atoms with Gasteiger partial charge in [0, 0.05) is 23.4 Å².